The molecule has 21 heavy (non-hydrogen) atoms. The van der Waals surface area contributed by atoms with Crippen LogP contribution in [0, 0.1) is 33.1 Å². The van der Waals surface area contributed by atoms with Gasteiger partial charge in [-0.15, -0.1) is 6.54 Å². The van der Waals surface area contributed by atoms with Crippen molar-refractivity contribution >= 4 is 0 Å². The standard InChI is InChI=1S/C6H13.C5H7N3.C3H7.4W/c1-5-6(2,3)4;1-3-8-4-5(2)6-7-8;1-3-2;;;;/h1,5H2,2-4H3;4H,1-3H2;1,3H2,2H3;;;;/q-1;-2;-1;;;2*+2. The minimum Gasteiger partial charge on any atom is -0.360 e. The van der Waals surface area contributed by atoms with Crippen LogP contribution in [0.1, 0.15) is 46.2 Å². The molecule has 1 aromatic heterocycles. The summed E-state index contributed by atoms with van der Waals surface area (Å²) >= 11 is 0. The smallest absolute Gasteiger partial charge is 0.360 e. The van der Waals surface area contributed by atoms with Gasteiger partial charge in [-0.25, -0.2) is 6.92 Å². The van der Waals surface area contributed by atoms with Crippen LogP contribution in [-0.4, -0.2) is 15.0 Å². The van der Waals surface area contributed by atoms with Crippen molar-refractivity contribution in [1.29, 1.82) is 0 Å². The Labute approximate surface area is 189 Å². The fourth-order valence-electron chi connectivity index (χ4n) is 0.448. The van der Waals surface area contributed by atoms with Crippen molar-refractivity contribution in [2.24, 2.45) is 5.41 Å². The quantitative estimate of drug-likeness (QED) is 0.402. The molecule has 0 saturated heterocycles. The second kappa shape index (κ2) is 24.0. The largest absolute Gasteiger partial charge is 2.00 e. The monoisotopic (exact) mass is 973 g/mol. The zero-order valence-electron chi connectivity index (χ0n) is 13.5. The van der Waals surface area contributed by atoms with Crippen LogP contribution in [0.25, 0.3) is 0 Å². The predicted molar refractivity (Wildman–Crippen MR) is 74.9 cm³/mol. The predicted octanol–water partition coefficient (Wildman–Crippen LogP) is 3.77. The van der Waals surface area contributed by atoms with Crippen LogP contribution in [0.15, 0.2) is 6.20 Å². The molecule has 1 rings (SSSR count). The molecule has 7 heteroatoms. The molecule has 0 aliphatic carbocycles. The van der Waals surface area contributed by atoms with Crippen LogP contribution in [0.2, 0.25) is 0 Å². The Kier molecular flexibility index (Phi) is 43.9. The normalized spacial score (nSPS) is 7.95. The van der Waals surface area contributed by atoms with Gasteiger partial charge in [0.2, 0.25) is 0 Å². The minimum absolute atomic E-state index is 0. The van der Waals surface area contributed by atoms with E-state index in [0.29, 0.717) is 17.7 Å². The first-order valence-electron chi connectivity index (χ1n) is 5.90. The van der Waals surface area contributed by atoms with Crippen LogP contribution in [-0.2, 0) is 90.8 Å². The molecule has 1 aromatic rings. The zero-order valence-corrected chi connectivity index (χ0v) is 25.2. The summed E-state index contributed by atoms with van der Waals surface area (Å²) in [5.41, 5.74) is 1.12. The molecule has 0 spiro atoms. The number of rotatable bonds is 1. The Hall–Kier alpha value is 1.76. The Bertz CT molecular complexity index is 273. The van der Waals surface area contributed by atoms with Gasteiger partial charge in [-0.1, -0.05) is 50.2 Å². The molecule has 122 valence electrons. The number of nitrogens with zero attached hydrogens (tertiary/aromatic N) is 3. The molecule has 0 atom stereocenters. The summed E-state index contributed by atoms with van der Waals surface area (Å²) in [5.74, 6) is 0. The van der Waals surface area contributed by atoms with E-state index in [-0.39, 0.29) is 84.3 Å². The van der Waals surface area contributed by atoms with Gasteiger partial charge >= 0.3 is 42.1 Å². The molecular weight excluding hydrogens is 946 g/mol. The van der Waals surface area contributed by atoms with Crippen LogP contribution in [0.5, 0.6) is 0 Å². The average molecular weight is 973 g/mol. The first-order chi connectivity index (χ1) is 7.80. The molecular formula is C14H27N3W4. The topological polar surface area (TPSA) is 30.7 Å². The molecule has 1 heterocycles. The van der Waals surface area contributed by atoms with E-state index in [2.05, 4.69) is 58.8 Å². The van der Waals surface area contributed by atoms with Crippen LogP contribution >= 0.6 is 0 Å². The molecule has 0 aromatic carbocycles. The van der Waals surface area contributed by atoms with Gasteiger partial charge in [0, 0.05) is 42.1 Å². The summed E-state index contributed by atoms with van der Waals surface area (Å²) in [5, 5.41) is 7.33. The SMILES string of the molecule is [CH2-]CC.[CH2-]CC(C)(C)C.[CH2-]Cn1cc([CH2-])nn1.[W+2].[W+2].[W].[W]. The van der Waals surface area contributed by atoms with E-state index in [0.717, 1.165) is 12.8 Å². The van der Waals surface area contributed by atoms with Crippen molar-refractivity contribution in [3.63, 3.8) is 0 Å². The Morgan fingerprint density at radius 3 is 1.52 bits per heavy atom. The summed E-state index contributed by atoms with van der Waals surface area (Å²) in [7, 11) is 0. The van der Waals surface area contributed by atoms with E-state index in [9.17, 15) is 0 Å². The number of hydrogen-bond donors (Lipinski definition) is 0. The summed E-state index contributed by atoms with van der Waals surface area (Å²) in [6, 6.07) is 0. The van der Waals surface area contributed by atoms with E-state index in [1.165, 1.54) is 0 Å². The van der Waals surface area contributed by atoms with Gasteiger partial charge in [0.05, 0.1) is 0 Å². The first kappa shape index (κ1) is 38.4. The van der Waals surface area contributed by atoms with E-state index in [4.69, 9.17) is 0 Å². The summed E-state index contributed by atoms with van der Waals surface area (Å²) in [6.07, 6.45) is 3.76. The van der Waals surface area contributed by atoms with E-state index in [1.807, 2.05) is 6.92 Å². The molecule has 0 amide bonds. The van der Waals surface area contributed by atoms with Crippen molar-refractivity contribution < 1.29 is 84.3 Å². The Balaban J connectivity index is -0.0000000397. The molecule has 0 fully saturated rings. The summed E-state index contributed by atoms with van der Waals surface area (Å²) in [4.78, 5) is 0. The third-order valence-electron chi connectivity index (χ3n) is 1.57. The summed E-state index contributed by atoms with van der Waals surface area (Å²) in [6.45, 7) is 23.6. The second-order valence-corrected chi connectivity index (χ2v) is 4.78. The second-order valence-electron chi connectivity index (χ2n) is 4.78. The van der Waals surface area contributed by atoms with Crippen molar-refractivity contribution in [3.8, 4) is 0 Å². The zero-order chi connectivity index (χ0) is 13.9. The van der Waals surface area contributed by atoms with Crippen LogP contribution in [0.3, 0.4) is 0 Å². The maximum absolute atomic E-state index is 3.76. The number of aromatic nitrogens is 3. The van der Waals surface area contributed by atoms with Gasteiger partial charge in [-0.3, -0.25) is 0 Å². The van der Waals surface area contributed by atoms with Gasteiger partial charge in [-0.2, -0.15) is 17.9 Å². The van der Waals surface area contributed by atoms with Gasteiger partial charge < -0.3 is 25.5 Å². The third kappa shape index (κ3) is 34.2. The molecule has 0 saturated carbocycles. The van der Waals surface area contributed by atoms with Gasteiger partial charge in [0.15, 0.2) is 0 Å². The van der Waals surface area contributed by atoms with E-state index >= 15 is 0 Å². The van der Waals surface area contributed by atoms with Crippen molar-refractivity contribution in [1.82, 2.24) is 15.0 Å². The molecule has 0 bridgehead atoms. The van der Waals surface area contributed by atoms with Crippen molar-refractivity contribution in [2.45, 2.75) is 47.1 Å². The van der Waals surface area contributed by atoms with Crippen molar-refractivity contribution in [2.75, 3.05) is 0 Å². The molecule has 0 aliphatic rings. The fourth-order valence-corrected chi connectivity index (χ4v) is 0.448. The molecule has 0 N–H and O–H groups in total. The number of hydrogen-bond acceptors (Lipinski definition) is 2. The fraction of sp³-hybridized carbons (Fsp3) is 0.571. The molecule has 0 aliphatic heterocycles. The minimum atomic E-state index is 0. The van der Waals surface area contributed by atoms with Crippen LogP contribution < -0.4 is 0 Å². The third-order valence-corrected chi connectivity index (χ3v) is 1.57. The average Bonchev–Trinajstić information content (AvgIpc) is 2.65. The van der Waals surface area contributed by atoms with Gasteiger partial charge in [0.1, 0.15) is 0 Å². The van der Waals surface area contributed by atoms with E-state index in [1.54, 1.807) is 10.9 Å². The Morgan fingerprint density at radius 1 is 1.10 bits per heavy atom. The molecule has 0 unspecified atom stereocenters. The first-order valence-corrected chi connectivity index (χ1v) is 5.90. The van der Waals surface area contributed by atoms with Crippen molar-refractivity contribution in [3.05, 3.63) is 39.6 Å². The maximum atomic E-state index is 3.76. The molecule has 3 nitrogen and oxygen atoms in total. The van der Waals surface area contributed by atoms with Crippen LogP contribution in [0.4, 0.5) is 0 Å². The molecule has 0 radical (unpaired) electrons. The Morgan fingerprint density at radius 2 is 1.43 bits per heavy atom. The maximum Gasteiger partial charge on any atom is 2.00 e. The van der Waals surface area contributed by atoms with Gasteiger partial charge in [0.25, 0.3) is 0 Å². The van der Waals surface area contributed by atoms with Gasteiger partial charge in [-0.05, 0) is 0 Å². The summed E-state index contributed by atoms with van der Waals surface area (Å²) < 4.78 is 1.63. The van der Waals surface area contributed by atoms with E-state index < -0.39 is 0 Å².